The Balaban J connectivity index is 1.31. The highest BCUT2D eigenvalue weighted by Crippen LogP contribution is 2.39. The average Bonchev–Trinajstić information content (AvgIpc) is 3.35. The first-order valence-corrected chi connectivity index (χ1v) is 15.7. The van der Waals surface area contributed by atoms with Crippen LogP contribution in [0.1, 0.15) is 28.8 Å². The molecule has 6 rings (SSSR count). The van der Waals surface area contributed by atoms with Crippen LogP contribution in [0.15, 0.2) is 59.5 Å². The Morgan fingerprint density at radius 2 is 1.69 bits per heavy atom. The maximum atomic E-state index is 13.3. The highest BCUT2D eigenvalue weighted by atomic mass is 32.2. The number of methoxy groups -OCH3 is 1. The number of thiophene rings is 1. The van der Waals surface area contributed by atoms with Gasteiger partial charge >= 0.3 is 0 Å². The molecule has 0 atom stereocenters. The molecule has 2 aliphatic rings. The van der Waals surface area contributed by atoms with Gasteiger partial charge in [-0.2, -0.15) is 4.31 Å². The van der Waals surface area contributed by atoms with E-state index in [-0.39, 0.29) is 0 Å². The molecule has 2 aromatic heterocycles. The first-order chi connectivity index (χ1) is 19.0. The van der Waals surface area contributed by atoms with Crippen molar-refractivity contribution in [3.05, 3.63) is 76.4 Å². The fourth-order valence-corrected chi connectivity index (χ4v) is 8.16. The zero-order valence-corrected chi connectivity index (χ0v) is 24.0. The van der Waals surface area contributed by atoms with Crippen molar-refractivity contribution in [2.45, 2.75) is 31.2 Å². The van der Waals surface area contributed by atoms with Crippen LogP contribution in [0.5, 0.6) is 5.75 Å². The Hall–Kier alpha value is -3.05. The second-order valence-corrected chi connectivity index (χ2v) is 13.0. The van der Waals surface area contributed by atoms with Crippen LogP contribution in [0.3, 0.4) is 0 Å². The molecule has 0 radical (unpaired) electrons. The topological polar surface area (TPSA) is 78.9 Å². The molecule has 0 unspecified atom stereocenters. The van der Waals surface area contributed by atoms with E-state index in [2.05, 4.69) is 28.9 Å². The number of rotatable bonds is 7. The third-order valence-electron chi connectivity index (χ3n) is 7.69. The number of hydrogen-bond donors (Lipinski definition) is 0. The van der Waals surface area contributed by atoms with Gasteiger partial charge in [0.15, 0.2) is 0 Å². The van der Waals surface area contributed by atoms with Gasteiger partial charge in [-0.1, -0.05) is 37.3 Å². The van der Waals surface area contributed by atoms with E-state index in [4.69, 9.17) is 14.7 Å². The Bertz CT molecular complexity index is 1560. The summed E-state index contributed by atoms with van der Waals surface area (Å²) in [6.45, 7) is 7.21. The van der Waals surface area contributed by atoms with E-state index in [0.29, 0.717) is 43.2 Å². The molecule has 0 aliphatic carbocycles. The smallest absolute Gasteiger partial charge is 0.243 e. The zero-order chi connectivity index (χ0) is 27.0. The molecule has 8 nitrogen and oxygen atoms in total. The summed E-state index contributed by atoms with van der Waals surface area (Å²) in [4.78, 5) is 17.6. The highest BCUT2D eigenvalue weighted by Gasteiger charge is 2.31. The van der Waals surface area contributed by atoms with Crippen LogP contribution in [0, 0.1) is 0 Å². The van der Waals surface area contributed by atoms with Crippen molar-refractivity contribution in [2.24, 2.45) is 0 Å². The van der Waals surface area contributed by atoms with Gasteiger partial charge in [-0.15, -0.1) is 11.3 Å². The van der Waals surface area contributed by atoms with Gasteiger partial charge in [0, 0.05) is 50.6 Å². The molecule has 0 amide bonds. The Labute approximate surface area is 233 Å². The highest BCUT2D eigenvalue weighted by molar-refractivity contribution is 7.89. The SMILES string of the molecule is CCN1CCc2c(sc3nc(Cc4ccccc4)nc(N4CCN(S(=O)(=O)c5ccc(OC)cc5)CC4)c23)C1. The lowest BCUT2D eigenvalue weighted by molar-refractivity contribution is 0.272. The molecule has 4 heterocycles. The van der Waals surface area contributed by atoms with Crippen molar-refractivity contribution >= 4 is 37.4 Å². The predicted octanol–water partition coefficient (Wildman–Crippen LogP) is 4.18. The minimum absolute atomic E-state index is 0.290. The normalized spacial score (nSPS) is 16.9. The summed E-state index contributed by atoms with van der Waals surface area (Å²) >= 11 is 1.79. The predicted molar refractivity (Wildman–Crippen MR) is 155 cm³/mol. The van der Waals surface area contributed by atoms with E-state index < -0.39 is 10.0 Å². The van der Waals surface area contributed by atoms with Crippen molar-refractivity contribution in [3.8, 4) is 5.75 Å². The molecule has 2 aromatic carbocycles. The maximum absolute atomic E-state index is 13.3. The standard InChI is InChI=1S/C29H33N5O3S2/c1-3-32-14-13-24-25(20-32)38-29-27(24)28(30-26(31-29)19-21-7-5-4-6-8-21)33-15-17-34(18-16-33)39(35,36)23-11-9-22(37-2)10-12-23/h4-12H,3,13-20H2,1-2H3. The van der Waals surface area contributed by atoms with Gasteiger partial charge in [-0.05, 0) is 48.4 Å². The number of ether oxygens (including phenoxy) is 1. The summed E-state index contributed by atoms with van der Waals surface area (Å²) in [5.41, 5.74) is 2.55. The number of benzene rings is 2. The van der Waals surface area contributed by atoms with Crippen LogP contribution >= 0.6 is 11.3 Å². The van der Waals surface area contributed by atoms with E-state index >= 15 is 0 Å². The first kappa shape index (κ1) is 26.2. The molecule has 0 N–H and O–H groups in total. The molecule has 0 saturated carbocycles. The van der Waals surface area contributed by atoms with Crippen LogP contribution < -0.4 is 9.64 Å². The average molecular weight is 564 g/mol. The third-order valence-corrected chi connectivity index (χ3v) is 10.7. The minimum Gasteiger partial charge on any atom is -0.497 e. The molecule has 39 heavy (non-hydrogen) atoms. The van der Waals surface area contributed by atoms with Crippen LogP contribution in [-0.4, -0.2) is 74.0 Å². The number of sulfonamides is 1. The number of nitrogens with zero attached hydrogens (tertiary/aromatic N) is 5. The van der Waals surface area contributed by atoms with Crippen LogP contribution in [0.25, 0.3) is 10.2 Å². The largest absolute Gasteiger partial charge is 0.497 e. The second-order valence-electron chi connectivity index (χ2n) is 10.00. The van der Waals surface area contributed by atoms with Crippen molar-refractivity contribution < 1.29 is 13.2 Å². The second kappa shape index (κ2) is 10.8. The van der Waals surface area contributed by atoms with E-state index in [1.165, 1.54) is 16.0 Å². The molecule has 0 spiro atoms. The van der Waals surface area contributed by atoms with Crippen LogP contribution in [-0.2, 0) is 29.4 Å². The van der Waals surface area contributed by atoms with Gasteiger partial charge in [-0.3, -0.25) is 4.90 Å². The Morgan fingerprint density at radius 1 is 0.949 bits per heavy atom. The molecule has 1 fully saturated rings. The lowest BCUT2D eigenvalue weighted by atomic mass is 10.0. The molecule has 10 heteroatoms. The van der Waals surface area contributed by atoms with Crippen molar-refractivity contribution in [1.82, 2.24) is 19.2 Å². The zero-order valence-electron chi connectivity index (χ0n) is 22.3. The lowest BCUT2D eigenvalue weighted by Gasteiger charge is -2.35. The summed E-state index contributed by atoms with van der Waals surface area (Å²) in [6, 6.07) is 16.9. The minimum atomic E-state index is -3.58. The molecule has 1 saturated heterocycles. The van der Waals surface area contributed by atoms with Gasteiger partial charge in [0.1, 0.15) is 22.2 Å². The summed E-state index contributed by atoms with van der Waals surface area (Å²) < 4.78 is 33.5. The fraction of sp³-hybridized carbons (Fsp3) is 0.379. The molecule has 0 bridgehead atoms. The fourth-order valence-electron chi connectivity index (χ4n) is 5.46. The van der Waals surface area contributed by atoms with E-state index in [9.17, 15) is 8.42 Å². The maximum Gasteiger partial charge on any atom is 0.243 e. The van der Waals surface area contributed by atoms with Crippen molar-refractivity contribution in [1.29, 1.82) is 0 Å². The quantitative estimate of drug-likeness (QED) is 0.334. The molecule has 4 aromatic rings. The summed E-state index contributed by atoms with van der Waals surface area (Å²) in [5.74, 6) is 2.40. The summed E-state index contributed by atoms with van der Waals surface area (Å²) in [5, 5.41) is 1.16. The lowest BCUT2D eigenvalue weighted by Crippen LogP contribution is -2.49. The number of piperazine rings is 1. The van der Waals surface area contributed by atoms with Gasteiger partial charge in [0.2, 0.25) is 10.0 Å². The molecule has 2 aliphatic heterocycles. The van der Waals surface area contributed by atoms with Crippen LogP contribution in [0.4, 0.5) is 5.82 Å². The van der Waals surface area contributed by atoms with Gasteiger partial charge in [-0.25, -0.2) is 18.4 Å². The van der Waals surface area contributed by atoms with Crippen molar-refractivity contribution in [3.63, 3.8) is 0 Å². The molecular formula is C29H33N5O3S2. The Morgan fingerprint density at radius 3 is 2.38 bits per heavy atom. The number of fused-ring (bicyclic) bond motifs is 3. The first-order valence-electron chi connectivity index (χ1n) is 13.4. The van der Waals surface area contributed by atoms with E-state index in [0.717, 1.165) is 47.9 Å². The number of anilines is 1. The van der Waals surface area contributed by atoms with Gasteiger partial charge < -0.3 is 9.64 Å². The Kier molecular flexibility index (Phi) is 7.28. The molecule has 204 valence electrons. The third kappa shape index (κ3) is 5.14. The van der Waals surface area contributed by atoms with E-state index in [1.54, 1.807) is 47.0 Å². The molecular weight excluding hydrogens is 530 g/mol. The summed E-state index contributed by atoms with van der Waals surface area (Å²) in [7, 11) is -2.01. The number of hydrogen-bond acceptors (Lipinski definition) is 8. The van der Waals surface area contributed by atoms with Gasteiger partial charge in [0.25, 0.3) is 0 Å². The van der Waals surface area contributed by atoms with Crippen LogP contribution in [0.2, 0.25) is 0 Å². The number of aromatic nitrogens is 2. The summed E-state index contributed by atoms with van der Waals surface area (Å²) in [6.07, 6.45) is 1.66. The van der Waals surface area contributed by atoms with Crippen molar-refractivity contribution in [2.75, 3.05) is 51.3 Å². The van der Waals surface area contributed by atoms with E-state index in [1.807, 2.05) is 18.2 Å². The number of likely N-dealkylation sites (N-methyl/N-ethyl adjacent to an activating group) is 1. The monoisotopic (exact) mass is 563 g/mol. The van der Waals surface area contributed by atoms with Gasteiger partial charge in [0.05, 0.1) is 17.4 Å².